The van der Waals surface area contributed by atoms with E-state index in [0.29, 0.717) is 17.7 Å². The lowest BCUT2D eigenvalue weighted by molar-refractivity contribution is -0.121. The predicted octanol–water partition coefficient (Wildman–Crippen LogP) is 5.05. The van der Waals surface area contributed by atoms with Crippen molar-refractivity contribution >= 4 is 32.9 Å². The average molecular weight is 556 g/mol. The van der Waals surface area contributed by atoms with Crippen molar-refractivity contribution in [1.29, 1.82) is 0 Å². The van der Waals surface area contributed by atoms with Gasteiger partial charge in [-0.1, -0.05) is 64.4 Å². The van der Waals surface area contributed by atoms with Crippen LogP contribution in [0.3, 0.4) is 0 Å². The van der Waals surface area contributed by atoms with E-state index in [1.807, 2.05) is 56.7 Å². The molecule has 3 N–H and O–H groups in total. The molecule has 210 valence electrons. The van der Waals surface area contributed by atoms with E-state index in [1.54, 1.807) is 18.2 Å². The number of amides is 2. The minimum Gasteiger partial charge on any atom is -0.484 e. The zero-order chi connectivity index (χ0) is 29.1. The summed E-state index contributed by atoms with van der Waals surface area (Å²) >= 11 is 0. The normalized spacial score (nSPS) is 12.8. The van der Waals surface area contributed by atoms with Crippen molar-refractivity contribution in [3.63, 3.8) is 0 Å². The maximum absolute atomic E-state index is 12.1. The Balaban J connectivity index is 2.32. The molecule has 1 atom stereocenters. The van der Waals surface area contributed by atoms with Gasteiger partial charge in [0.1, 0.15) is 11.9 Å². The van der Waals surface area contributed by atoms with Crippen LogP contribution in [-0.4, -0.2) is 38.3 Å². The van der Waals surface area contributed by atoms with Crippen LogP contribution in [0.15, 0.2) is 42.5 Å². The fourth-order valence-electron chi connectivity index (χ4n) is 4.42. The average Bonchev–Trinajstić information content (AvgIpc) is 2.79. The summed E-state index contributed by atoms with van der Waals surface area (Å²) in [5.74, 6) is -0.165. The van der Waals surface area contributed by atoms with Crippen LogP contribution in [0.1, 0.15) is 57.5 Å². The van der Waals surface area contributed by atoms with Gasteiger partial charge in [-0.2, -0.15) is 0 Å². The number of sulfonamides is 1. The SMILES string of the molecule is Cc1ccc(-c2c(C(OC(N)=O)C(C)(C)C)c(CC(C)C)nc3ccc(OCC(=O)NS(C)(=O)=O)cc23)cc1. The number of primary amides is 1. The number of aromatic nitrogens is 1. The highest BCUT2D eigenvalue weighted by atomic mass is 32.2. The van der Waals surface area contributed by atoms with Gasteiger partial charge in [-0.05, 0) is 48.6 Å². The monoisotopic (exact) mass is 555 g/mol. The standard InChI is InChI=1S/C29H37N3O6S/c1-17(2)14-23-26(27(29(4,5)6)38-28(30)34)25(19-10-8-18(3)9-11-19)21-15-20(12-13-22(21)31-23)37-16-24(33)32-39(7,35)36/h8-13,15,17,27H,14,16H2,1-7H3,(H2,30,34)(H,32,33). The second-order valence-electron chi connectivity index (χ2n) is 11.3. The second-order valence-corrected chi connectivity index (χ2v) is 13.0. The van der Waals surface area contributed by atoms with Crippen molar-refractivity contribution in [1.82, 2.24) is 9.71 Å². The van der Waals surface area contributed by atoms with Crippen LogP contribution >= 0.6 is 0 Å². The maximum Gasteiger partial charge on any atom is 0.405 e. The van der Waals surface area contributed by atoms with E-state index in [2.05, 4.69) is 13.8 Å². The van der Waals surface area contributed by atoms with Crippen molar-refractivity contribution < 1.29 is 27.5 Å². The largest absolute Gasteiger partial charge is 0.484 e. The summed E-state index contributed by atoms with van der Waals surface area (Å²) in [6.07, 6.45) is -0.0457. The summed E-state index contributed by atoms with van der Waals surface area (Å²) < 4.78 is 36.1. The molecule has 0 aliphatic heterocycles. The summed E-state index contributed by atoms with van der Waals surface area (Å²) in [6.45, 7) is 11.6. The zero-order valence-corrected chi connectivity index (χ0v) is 24.3. The molecule has 0 spiro atoms. The number of carbonyl (C=O) groups excluding carboxylic acids is 2. The topological polar surface area (TPSA) is 138 Å². The van der Waals surface area contributed by atoms with Crippen molar-refractivity contribution in [2.24, 2.45) is 17.1 Å². The molecule has 1 aromatic heterocycles. The highest BCUT2D eigenvalue weighted by molar-refractivity contribution is 7.89. The molecule has 0 saturated carbocycles. The van der Waals surface area contributed by atoms with Gasteiger partial charge in [0.05, 0.1) is 11.8 Å². The van der Waals surface area contributed by atoms with Gasteiger partial charge < -0.3 is 15.2 Å². The fraction of sp³-hybridized carbons (Fsp3) is 0.414. The number of hydrogen-bond donors (Lipinski definition) is 2. The lowest BCUT2D eigenvalue weighted by Crippen LogP contribution is -2.33. The number of benzene rings is 2. The molecule has 0 radical (unpaired) electrons. The quantitative estimate of drug-likeness (QED) is 0.377. The van der Waals surface area contributed by atoms with E-state index >= 15 is 0 Å². The van der Waals surface area contributed by atoms with Crippen LogP contribution in [0.2, 0.25) is 0 Å². The van der Waals surface area contributed by atoms with Crippen LogP contribution in [0, 0.1) is 18.3 Å². The summed E-state index contributed by atoms with van der Waals surface area (Å²) in [5, 5.41) is 0.727. The summed E-state index contributed by atoms with van der Waals surface area (Å²) in [5.41, 5.74) is 10.1. The van der Waals surface area contributed by atoms with Crippen LogP contribution in [0.5, 0.6) is 5.75 Å². The predicted molar refractivity (Wildman–Crippen MR) is 152 cm³/mol. The minimum absolute atomic E-state index is 0.268. The lowest BCUT2D eigenvalue weighted by Gasteiger charge is -2.33. The number of hydrogen-bond acceptors (Lipinski definition) is 7. The van der Waals surface area contributed by atoms with Gasteiger partial charge in [0.15, 0.2) is 6.61 Å². The van der Waals surface area contributed by atoms with Gasteiger partial charge >= 0.3 is 6.09 Å². The molecule has 1 unspecified atom stereocenters. The van der Waals surface area contributed by atoms with E-state index in [9.17, 15) is 18.0 Å². The Hall–Kier alpha value is -3.66. The molecule has 3 rings (SSSR count). The first-order valence-electron chi connectivity index (χ1n) is 12.7. The van der Waals surface area contributed by atoms with Gasteiger partial charge in [-0.3, -0.25) is 14.5 Å². The third-order valence-electron chi connectivity index (χ3n) is 5.97. The van der Waals surface area contributed by atoms with Gasteiger partial charge in [0, 0.05) is 22.1 Å². The van der Waals surface area contributed by atoms with Crippen molar-refractivity contribution in [2.45, 2.75) is 54.1 Å². The Labute approximate surface area is 230 Å². The number of rotatable bonds is 9. The molecule has 2 aromatic carbocycles. The molecule has 0 aliphatic rings. The molecule has 39 heavy (non-hydrogen) atoms. The highest BCUT2D eigenvalue weighted by Gasteiger charge is 2.35. The fourth-order valence-corrected chi connectivity index (χ4v) is 4.90. The van der Waals surface area contributed by atoms with Crippen molar-refractivity contribution in [2.75, 3.05) is 12.9 Å². The van der Waals surface area contributed by atoms with Gasteiger partial charge in [-0.25, -0.2) is 13.2 Å². The molecule has 0 bridgehead atoms. The molecular weight excluding hydrogens is 518 g/mol. The van der Waals surface area contributed by atoms with Crippen LogP contribution < -0.4 is 15.2 Å². The van der Waals surface area contributed by atoms with E-state index in [4.69, 9.17) is 20.2 Å². The van der Waals surface area contributed by atoms with E-state index in [0.717, 1.165) is 39.6 Å². The maximum atomic E-state index is 12.1. The molecule has 0 aliphatic carbocycles. The zero-order valence-electron chi connectivity index (χ0n) is 23.5. The molecule has 1 heterocycles. The molecule has 3 aromatic rings. The third kappa shape index (κ3) is 7.92. The van der Waals surface area contributed by atoms with Crippen LogP contribution in [0.25, 0.3) is 22.0 Å². The van der Waals surface area contributed by atoms with Crippen LogP contribution in [-0.2, 0) is 26.0 Å². The Morgan fingerprint density at radius 3 is 2.26 bits per heavy atom. The number of pyridine rings is 1. The summed E-state index contributed by atoms with van der Waals surface area (Å²) in [4.78, 5) is 29.1. The third-order valence-corrected chi connectivity index (χ3v) is 6.57. The smallest absolute Gasteiger partial charge is 0.405 e. The Kier molecular flexibility index (Phi) is 8.90. The molecule has 2 amide bonds. The minimum atomic E-state index is -3.70. The first kappa shape index (κ1) is 29.9. The Morgan fingerprint density at radius 1 is 1.08 bits per heavy atom. The molecule has 0 fully saturated rings. The highest BCUT2D eigenvalue weighted by Crippen LogP contribution is 2.45. The molecule has 0 saturated heterocycles. The number of aryl methyl sites for hydroxylation is 1. The lowest BCUT2D eigenvalue weighted by atomic mass is 9.78. The van der Waals surface area contributed by atoms with Gasteiger partial charge in [-0.15, -0.1) is 0 Å². The summed E-state index contributed by atoms with van der Waals surface area (Å²) in [6, 6.07) is 13.3. The van der Waals surface area contributed by atoms with Gasteiger partial charge in [0.2, 0.25) is 10.0 Å². The number of nitrogens with two attached hydrogens (primary N) is 1. The Bertz CT molecular complexity index is 1480. The van der Waals surface area contributed by atoms with Crippen LogP contribution in [0.4, 0.5) is 4.79 Å². The first-order chi connectivity index (χ1) is 18.0. The second kappa shape index (κ2) is 11.6. The number of nitrogens with zero attached hydrogens (tertiary/aromatic N) is 1. The Morgan fingerprint density at radius 2 is 1.72 bits per heavy atom. The van der Waals surface area contributed by atoms with Crippen molar-refractivity contribution in [3.8, 4) is 16.9 Å². The number of carbonyl (C=O) groups is 2. The first-order valence-corrected chi connectivity index (χ1v) is 14.6. The van der Waals surface area contributed by atoms with E-state index < -0.39 is 40.1 Å². The molecule has 10 heteroatoms. The van der Waals surface area contributed by atoms with E-state index in [-0.39, 0.29) is 5.92 Å². The number of fused-ring (bicyclic) bond motifs is 1. The number of nitrogens with one attached hydrogen (secondary N) is 1. The molecular formula is C29H37N3O6S. The van der Waals surface area contributed by atoms with Gasteiger partial charge in [0.25, 0.3) is 5.91 Å². The molecule has 9 nitrogen and oxygen atoms in total. The van der Waals surface area contributed by atoms with E-state index in [1.165, 1.54) is 0 Å². The van der Waals surface area contributed by atoms with Crippen molar-refractivity contribution in [3.05, 3.63) is 59.3 Å². The summed E-state index contributed by atoms with van der Waals surface area (Å²) in [7, 11) is -3.70. The number of ether oxygens (including phenoxy) is 2.